The number of rotatable bonds is 7. The van der Waals surface area contributed by atoms with E-state index >= 15 is 0 Å². The minimum Gasteiger partial charge on any atom is -0.493 e. The molecule has 6 amide bonds. The van der Waals surface area contributed by atoms with E-state index in [0.717, 1.165) is 11.1 Å². The van der Waals surface area contributed by atoms with Crippen LogP contribution in [0.3, 0.4) is 0 Å². The molecule has 8 bridgehead atoms. The fourth-order valence-corrected chi connectivity index (χ4v) is 14.8. The number of halogens is 3. The Balaban J connectivity index is 0.000000240. The van der Waals surface area contributed by atoms with Gasteiger partial charge in [0, 0.05) is 101 Å². The Bertz CT molecular complexity index is 3710. The second-order valence-electron chi connectivity index (χ2n) is 27.4. The van der Waals surface area contributed by atoms with Gasteiger partial charge in [-0.15, -0.1) is 0 Å². The van der Waals surface area contributed by atoms with Gasteiger partial charge in [0.2, 0.25) is 33.7 Å². The Morgan fingerprint density at radius 3 is 1.49 bits per heavy atom. The number of piperazine rings is 2. The van der Waals surface area contributed by atoms with E-state index in [1.165, 1.54) is 56.6 Å². The largest absolute Gasteiger partial charge is 0.493 e. The topological polar surface area (TPSA) is 300 Å². The number of carbonyl (C=O) groups excluding carboxylic acids is 6. The Morgan fingerprint density at radius 1 is 0.592 bits per heavy atom. The smallest absolute Gasteiger partial charge is 0.410 e. The molecular formula is C69H95ClF2N8O16S2. The highest BCUT2D eigenvalue weighted by Crippen LogP contribution is 2.30. The molecule has 8 atom stereocenters. The van der Waals surface area contributed by atoms with E-state index in [1.807, 2.05) is 13.0 Å². The average Bonchev–Trinajstić information content (AvgIpc) is 0.935. The third kappa shape index (κ3) is 21.9. The number of amides is 6. The van der Waals surface area contributed by atoms with Gasteiger partial charge in [-0.3, -0.25) is 29.0 Å². The number of aliphatic hydroxyl groups excluding tert-OH is 2. The van der Waals surface area contributed by atoms with E-state index in [4.69, 9.17) is 29.6 Å². The third-order valence-corrected chi connectivity index (χ3v) is 20.4. The van der Waals surface area contributed by atoms with Gasteiger partial charge in [-0.05, 0) is 165 Å². The summed E-state index contributed by atoms with van der Waals surface area (Å²) in [7, 11) is -2.49. The molecule has 4 aromatic carbocycles. The summed E-state index contributed by atoms with van der Waals surface area (Å²) in [6.45, 7) is 16.9. The van der Waals surface area contributed by atoms with Crippen molar-refractivity contribution in [2.45, 2.75) is 172 Å². The van der Waals surface area contributed by atoms with Gasteiger partial charge in [-0.2, -0.15) is 4.31 Å². The second kappa shape index (κ2) is 33.8. The zero-order valence-corrected chi connectivity index (χ0v) is 58.5. The lowest BCUT2D eigenvalue weighted by molar-refractivity contribution is -0.129. The van der Waals surface area contributed by atoms with E-state index in [9.17, 15) is 64.6 Å². The molecular weight excluding hydrogens is 1330 g/mol. The van der Waals surface area contributed by atoms with Crippen molar-refractivity contribution in [3.8, 4) is 11.5 Å². The van der Waals surface area contributed by atoms with Gasteiger partial charge in [0.15, 0.2) is 0 Å². The Labute approximate surface area is 578 Å². The first-order chi connectivity index (χ1) is 45.6. The Kier molecular flexibility index (Phi) is 26.9. The lowest BCUT2D eigenvalue weighted by Crippen LogP contribution is -2.65. The normalized spacial score (nSPS) is 23.1. The summed E-state index contributed by atoms with van der Waals surface area (Å²) >= 11 is 0. The number of ether oxygens (including phenoxy) is 4. The lowest BCUT2D eigenvalue weighted by Gasteiger charge is -2.44. The van der Waals surface area contributed by atoms with Crippen molar-refractivity contribution in [1.29, 1.82) is 0 Å². The predicted octanol–water partition coefficient (Wildman–Crippen LogP) is 6.86. The molecule has 540 valence electrons. The predicted molar refractivity (Wildman–Crippen MR) is 362 cm³/mol. The SMILES string of the molecule is C.CC(C)(C)OC(=O)N1CCNC[C@@H]1[C@@H](O)[C@@H]1Cc2cc(F)cc(c2)OCCCCN2CC(CC2=O)C(=O)N1.Cc1cccc(S(=O)(=O)Cl)c1.Cc1cccc(S(=O)(=O)N2CCN(C(=O)OC(C)(C)C)[C@@H]([C@@H](O)[C@@H]3Cc4cc(F)cc(c4)OCCCCN4CC(CC4=O)C(=O)N3)C2)c1. The Morgan fingerprint density at radius 2 is 1.04 bits per heavy atom. The molecule has 29 heteroatoms. The molecule has 4 saturated heterocycles. The van der Waals surface area contributed by atoms with E-state index in [2.05, 4.69) is 16.0 Å². The number of aliphatic hydroxyl groups is 2. The van der Waals surface area contributed by atoms with Crippen molar-refractivity contribution >= 4 is 65.6 Å². The number of aryl methyl sites for hydroxylation is 2. The molecule has 4 aromatic rings. The summed E-state index contributed by atoms with van der Waals surface area (Å²) in [5.74, 6) is -2.67. The molecule has 24 nitrogen and oxygen atoms in total. The number of hydrogen-bond donors (Lipinski definition) is 5. The molecule has 10 rings (SSSR count). The molecule has 0 radical (unpaired) electrons. The number of hydrogen-bond acceptors (Lipinski definition) is 17. The number of sulfonamides is 1. The van der Waals surface area contributed by atoms with Gasteiger partial charge >= 0.3 is 12.2 Å². The summed E-state index contributed by atoms with van der Waals surface area (Å²) in [6, 6.07) is 17.6. The molecule has 98 heavy (non-hydrogen) atoms. The van der Waals surface area contributed by atoms with E-state index in [0.29, 0.717) is 95.0 Å². The molecule has 2 unspecified atom stereocenters. The summed E-state index contributed by atoms with van der Waals surface area (Å²) in [5, 5.41) is 32.7. The average molecular weight is 1430 g/mol. The molecule has 0 spiro atoms. The monoisotopic (exact) mass is 1430 g/mol. The van der Waals surface area contributed by atoms with Crippen LogP contribution in [0.25, 0.3) is 0 Å². The number of benzene rings is 4. The molecule has 4 fully saturated rings. The van der Waals surface area contributed by atoms with Gasteiger partial charge in [0.05, 0.1) is 71.2 Å². The van der Waals surface area contributed by atoms with Crippen molar-refractivity contribution in [3.63, 3.8) is 0 Å². The minimum atomic E-state index is -4.04. The summed E-state index contributed by atoms with van der Waals surface area (Å²) in [5.41, 5.74) is 0.988. The number of nitrogens with zero attached hydrogens (tertiary/aromatic N) is 5. The first-order valence-electron chi connectivity index (χ1n) is 32.8. The van der Waals surface area contributed by atoms with Crippen LogP contribution in [0.5, 0.6) is 11.5 Å². The number of nitrogens with one attached hydrogen (secondary N) is 3. The van der Waals surface area contributed by atoms with Crippen LogP contribution in [-0.2, 0) is 60.6 Å². The van der Waals surface area contributed by atoms with Crippen molar-refractivity contribution < 1.29 is 83.5 Å². The fraction of sp³-hybridized carbons (Fsp3) is 0.565. The van der Waals surface area contributed by atoms with Crippen LogP contribution in [-0.4, -0.2) is 213 Å². The minimum absolute atomic E-state index is 0. The first kappa shape index (κ1) is 78.1. The zero-order chi connectivity index (χ0) is 70.7. The van der Waals surface area contributed by atoms with Crippen LogP contribution in [0.1, 0.15) is 110 Å². The van der Waals surface area contributed by atoms with Crippen LogP contribution in [0.2, 0.25) is 0 Å². The molecule has 6 heterocycles. The van der Waals surface area contributed by atoms with Gasteiger partial charge in [0.1, 0.15) is 34.3 Å². The van der Waals surface area contributed by atoms with Crippen molar-refractivity contribution in [2.24, 2.45) is 11.8 Å². The van der Waals surface area contributed by atoms with Crippen LogP contribution < -0.4 is 25.4 Å². The van der Waals surface area contributed by atoms with Crippen LogP contribution in [0.4, 0.5) is 18.4 Å². The summed E-state index contributed by atoms with van der Waals surface area (Å²) in [4.78, 5) is 85.1. The first-order valence-corrected chi connectivity index (χ1v) is 36.5. The van der Waals surface area contributed by atoms with E-state index in [-0.39, 0.29) is 92.6 Å². The Hall–Kier alpha value is -7.21. The highest BCUT2D eigenvalue weighted by atomic mass is 35.7. The van der Waals surface area contributed by atoms with Gasteiger partial charge in [0.25, 0.3) is 9.05 Å². The highest BCUT2D eigenvalue weighted by Gasteiger charge is 2.46. The second-order valence-corrected chi connectivity index (χ2v) is 31.9. The lowest BCUT2D eigenvalue weighted by atomic mass is 9.93. The third-order valence-electron chi connectivity index (χ3n) is 17.2. The van der Waals surface area contributed by atoms with Crippen LogP contribution in [0.15, 0.2) is 94.7 Å². The molecule has 5 N–H and O–H groups in total. The van der Waals surface area contributed by atoms with Crippen LogP contribution in [0, 0.1) is 37.3 Å². The molecule has 0 aliphatic carbocycles. The number of fused-ring (bicyclic) bond motifs is 8. The number of carbonyl (C=O) groups is 6. The van der Waals surface area contributed by atoms with Crippen molar-refractivity contribution in [2.75, 3.05) is 78.7 Å². The quantitative estimate of drug-likeness (QED) is 0.118. The molecule has 0 aromatic heterocycles. The van der Waals surface area contributed by atoms with Gasteiger partial charge < -0.3 is 54.9 Å². The highest BCUT2D eigenvalue weighted by molar-refractivity contribution is 8.13. The van der Waals surface area contributed by atoms with Crippen molar-refractivity contribution in [3.05, 3.63) is 119 Å². The standard InChI is InChI=1S/C34H45FN4O8S.C27H39FN4O6.C7H7ClO2S.CH4/c1-22-8-7-9-27(14-22)48(44,45)38-11-12-39(33(43)47-34(2,3)4)29(21-38)31(41)28-17-23-15-25(35)19-26(16-23)46-13-6-5-10-37-20-24(18-30(37)40)32(42)36-28;1-27(2,3)38-26(36)32-8-6-29-15-22(32)24(34)21-12-17-10-19(28)14-20(11-17)37-9-5-4-7-31-16-18(13-23(31)33)25(35)30-21;1-6-3-2-4-7(5-6)11(8,9)10;/h7-9,14-16,19,24,28-29,31,41H,5-6,10-13,17-18,20-21H2,1-4H3,(H,36,42);10-11,14,18,21-22,24,29,34H,4-9,12-13,15-16H2,1-3H3,(H,30,35);2-5H,1H3;1H4/t24?,28-,29+,31-;18?,21-,22+,24-;;/m00../s1. The van der Waals surface area contributed by atoms with Crippen molar-refractivity contribution in [1.82, 2.24) is 39.9 Å². The molecule has 0 saturated carbocycles. The summed E-state index contributed by atoms with van der Waals surface area (Å²) in [6.07, 6.45) is -1.24. The van der Waals surface area contributed by atoms with E-state index < -0.39 is 108 Å². The molecule has 6 aliphatic heterocycles. The van der Waals surface area contributed by atoms with E-state index in [1.54, 1.807) is 94.7 Å². The maximum absolute atomic E-state index is 14.8. The molecule has 6 aliphatic rings. The fourth-order valence-electron chi connectivity index (χ4n) is 12.4. The zero-order valence-electron chi connectivity index (χ0n) is 56.1. The maximum atomic E-state index is 14.8. The van der Waals surface area contributed by atoms with Gasteiger partial charge in [-0.25, -0.2) is 35.2 Å². The summed E-state index contributed by atoms with van der Waals surface area (Å²) < 4.78 is 102. The van der Waals surface area contributed by atoms with Crippen LogP contribution >= 0.6 is 10.7 Å². The van der Waals surface area contributed by atoms with Gasteiger partial charge in [-0.1, -0.05) is 31.7 Å². The maximum Gasteiger partial charge on any atom is 0.410 e.